The van der Waals surface area contributed by atoms with E-state index >= 15 is 0 Å². The zero-order valence-corrected chi connectivity index (χ0v) is 19.2. The molecule has 0 bridgehead atoms. The van der Waals surface area contributed by atoms with Crippen LogP contribution in [-0.4, -0.2) is 41.7 Å². The van der Waals surface area contributed by atoms with E-state index < -0.39 is 5.60 Å². The Kier molecular flexibility index (Phi) is 5.47. The van der Waals surface area contributed by atoms with Gasteiger partial charge in [0, 0.05) is 30.6 Å². The molecule has 0 radical (unpaired) electrons. The molecule has 1 N–H and O–H groups in total. The van der Waals surface area contributed by atoms with Gasteiger partial charge in [-0.1, -0.05) is 42.8 Å². The minimum Gasteiger partial charge on any atom is -0.462 e. The molecule has 31 heavy (non-hydrogen) atoms. The molecule has 0 amide bonds. The number of nitrogens with zero attached hydrogens (tertiary/aromatic N) is 1. The number of aliphatic hydroxyl groups is 1. The molecule has 2 heterocycles. The first-order valence-corrected chi connectivity index (χ1v) is 12.2. The van der Waals surface area contributed by atoms with Crippen LogP contribution >= 0.6 is 11.6 Å². The van der Waals surface area contributed by atoms with Crippen molar-refractivity contribution in [3.8, 4) is 0 Å². The maximum Gasteiger partial charge on any atom is 0.310 e. The zero-order chi connectivity index (χ0) is 21.8. The quantitative estimate of drug-likeness (QED) is 0.531. The molecule has 2 aliphatic heterocycles. The van der Waals surface area contributed by atoms with Gasteiger partial charge in [-0.15, -0.1) is 0 Å². The number of allylic oxidation sites excluding steroid dienone is 1. The van der Waals surface area contributed by atoms with Gasteiger partial charge in [-0.3, -0.25) is 4.79 Å². The van der Waals surface area contributed by atoms with E-state index in [0.717, 1.165) is 44.5 Å². The Balaban J connectivity index is 1.24. The lowest BCUT2D eigenvalue weighted by molar-refractivity contribution is -0.146. The van der Waals surface area contributed by atoms with Crippen LogP contribution in [0.3, 0.4) is 0 Å². The molecule has 4 aliphatic rings. The molecule has 0 spiro atoms. The number of carbonyl (C=O) groups is 1. The lowest BCUT2D eigenvalue weighted by Gasteiger charge is -2.50. The van der Waals surface area contributed by atoms with Gasteiger partial charge >= 0.3 is 5.97 Å². The molecule has 1 aromatic carbocycles. The third-order valence-corrected chi connectivity index (χ3v) is 9.09. The van der Waals surface area contributed by atoms with Crippen molar-refractivity contribution in [2.45, 2.75) is 63.6 Å². The molecule has 2 saturated carbocycles. The molecule has 2 aliphatic carbocycles. The van der Waals surface area contributed by atoms with Crippen LogP contribution in [0.2, 0.25) is 5.02 Å². The molecule has 1 aromatic rings. The molecule has 4 nitrogen and oxygen atoms in total. The highest BCUT2D eigenvalue weighted by Crippen LogP contribution is 2.57. The summed E-state index contributed by atoms with van der Waals surface area (Å²) >= 11 is 6.01. The maximum atomic E-state index is 12.9. The number of hydrogen-bond acceptors (Lipinski definition) is 4. The molecular formula is C26H34ClNO3. The van der Waals surface area contributed by atoms with Gasteiger partial charge in [0.25, 0.3) is 0 Å². The van der Waals surface area contributed by atoms with Crippen molar-refractivity contribution in [1.29, 1.82) is 0 Å². The van der Waals surface area contributed by atoms with E-state index in [1.54, 1.807) is 0 Å². The first-order chi connectivity index (χ1) is 14.8. The van der Waals surface area contributed by atoms with Crippen LogP contribution < -0.4 is 0 Å². The SMILES string of the molecule is C=C1CCC[C@]2(C)C[C@H]3OC(=O)[C@@H](CN4CCC(O)(c5ccc(Cl)cc5)CC4)[C@H]3C[C@@H]12. The van der Waals surface area contributed by atoms with Gasteiger partial charge in [0.1, 0.15) is 6.10 Å². The molecule has 168 valence electrons. The number of esters is 1. The van der Waals surface area contributed by atoms with Gasteiger partial charge in [0.2, 0.25) is 0 Å². The van der Waals surface area contributed by atoms with Crippen molar-refractivity contribution in [1.82, 2.24) is 4.90 Å². The average Bonchev–Trinajstić information content (AvgIpc) is 3.02. The number of rotatable bonds is 3. The van der Waals surface area contributed by atoms with Crippen LogP contribution in [0.5, 0.6) is 0 Å². The van der Waals surface area contributed by atoms with Crippen molar-refractivity contribution < 1.29 is 14.6 Å². The summed E-state index contributed by atoms with van der Waals surface area (Å²) in [5.74, 6) is 0.765. The highest BCUT2D eigenvalue weighted by Gasteiger charge is 2.55. The molecule has 5 atom stereocenters. The van der Waals surface area contributed by atoms with Crippen LogP contribution in [0.1, 0.15) is 57.4 Å². The van der Waals surface area contributed by atoms with Crippen LogP contribution in [0, 0.1) is 23.2 Å². The Morgan fingerprint density at radius 2 is 1.94 bits per heavy atom. The second kappa shape index (κ2) is 7.90. The van der Waals surface area contributed by atoms with Crippen molar-refractivity contribution in [2.75, 3.05) is 19.6 Å². The van der Waals surface area contributed by atoms with Crippen molar-refractivity contribution in [3.05, 3.63) is 47.0 Å². The molecule has 0 unspecified atom stereocenters. The molecule has 0 aromatic heterocycles. The number of fused-ring (bicyclic) bond motifs is 2. The van der Waals surface area contributed by atoms with Crippen molar-refractivity contribution >= 4 is 17.6 Å². The lowest BCUT2D eigenvalue weighted by atomic mass is 9.55. The fourth-order valence-corrected chi connectivity index (χ4v) is 7.02. The Bertz CT molecular complexity index is 860. The van der Waals surface area contributed by atoms with E-state index in [9.17, 15) is 9.90 Å². The number of likely N-dealkylation sites (tertiary alicyclic amines) is 1. The van der Waals surface area contributed by atoms with E-state index in [-0.39, 0.29) is 23.4 Å². The van der Waals surface area contributed by atoms with E-state index in [4.69, 9.17) is 16.3 Å². The summed E-state index contributed by atoms with van der Waals surface area (Å²) < 4.78 is 5.93. The van der Waals surface area contributed by atoms with Crippen LogP contribution in [-0.2, 0) is 15.1 Å². The minimum absolute atomic E-state index is 0.0126. The van der Waals surface area contributed by atoms with Gasteiger partial charge in [0.15, 0.2) is 0 Å². The molecule has 5 rings (SSSR count). The fraction of sp³-hybridized carbons (Fsp3) is 0.654. The molecule has 2 saturated heterocycles. The number of ether oxygens (including phenoxy) is 1. The summed E-state index contributed by atoms with van der Waals surface area (Å²) in [6.07, 6.45) is 7.00. The highest BCUT2D eigenvalue weighted by molar-refractivity contribution is 6.30. The zero-order valence-electron chi connectivity index (χ0n) is 18.5. The third kappa shape index (κ3) is 3.85. The molecule has 4 fully saturated rings. The predicted molar refractivity (Wildman–Crippen MR) is 122 cm³/mol. The Morgan fingerprint density at radius 3 is 2.65 bits per heavy atom. The summed E-state index contributed by atoms with van der Waals surface area (Å²) in [7, 11) is 0. The normalized spacial score (nSPS) is 37.8. The van der Waals surface area contributed by atoms with E-state index in [2.05, 4.69) is 18.4 Å². The van der Waals surface area contributed by atoms with Gasteiger partial charge < -0.3 is 14.7 Å². The summed E-state index contributed by atoms with van der Waals surface area (Å²) in [6.45, 7) is 9.09. The largest absolute Gasteiger partial charge is 0.462 e. The van der Waals surface area contributed by atoms with Gasteiger partial charge in [0.05, 0.1) is 11.5 Å². The minimum atomic E-state index is -0.813. The topological polar surface area (TPSA) is 49.8 Å². The number of hydrogen-bond donors (Lipinski definition) is 1. The maximum absolute atomic E-state index is 12.9. The smallest absolute Gasteiger partial charge is 0.310 e. The lowest BCUT2D eigenvalue weighted by Crippen LogP contribution is -2.48. The van der Waals surface area contributed by atoms with Crippen LogP contribution in [0.15, 0.2) is 36.4 Å². The van der Waals surface area contributed by atoms with Crippen molar-refractivity contribution in [3.63, 3.8) is 0 Å². The number of benzene rings is 1. The summed E-state index contributed by atoms with van der Waals surface area (Å²) in [5, 5.41) is 11.9. The third-order valence-electron chi connectivity index (χ3n) is 8.84. The first kappa shape index (κ1) is 21.5. The Hall–Kier alpha value is -1.36. The summed E-state index contributed by atoms with van der Waals surface area (Å²) in [4.78, 5) is 15.2. The molecule has 5 heteroatoms. The van der Waals surface area contributed by atoms with Gasteiger partial charge in [-0.05, 0) is 74.0 Å². The van der Waals surface area contributed by atoms with E-state index in [1.807, 2.05) is 24.3 Å². The standard InChI is InChI=1S/C26H34ClNO3/c1-17-4-3-9-25(2)15-23-20(14-22(17)25)21(24(29)31-23)16-28-12-10-26(30,11-13-28)18-5-7-19(27)8-6-18/h5-8,20-23,30H,1,3-4,9-16H2,2H3/t20-,21+,22+,23-,25-/m1/s1. The predicted octanol–water partition coefficient (Wildman–Crippen LogP) is 4.94. The summed E-state index contributed by atoms with van der Waals surface area (Å²) in [5.41, 5.74) is 1.74. The number of carbonyl (C=O) groups excluding carboxylic acids is 1. The van der Waals surface area contributed by atoms with Crippen LogP contribution in [0.25, 0.3) is 0 Å². The second-order valence-corrected chi connectivity index (χ2v) is 11.2. The number of halogens is 1. The van der Waals surface area contributed by atoms with Crippen molar-refractivity contribution in [2.24, 2.45) is 23.2 Å². The highest BCUT2D eigenvalue weighted by atomic mass is 35.5. The first-order valence-electron chi connectivity index (χ1n) is 11.9. The number of piperidine rings is 1. The van der Waals surface area contributed by atoms with E-state index in [1.165, 1.54) is 18.4 Å². The van der Waals surface area contributed by atoms with Gasteiger partial charge in [-0.25, -0.2) is 0 Å². The fourth-order valence-electron chi connectivity index (χ4n) is 6.90. The Morgan fingerprint density at radius 1 is 1.23 bits per heavy atom. The van der Waals surface area contributed by atoms with E-state index in [0.29, 0.717) is 29.7 Å². The monoisotopic (exact) mass is 443 g/mol. The van der Waals surface area contributed by atoms with Gasteiger partial charge in [-0.2, -0.15) is 0 Å². The average molecular weight is 444 g/mol. The molecular weight excluding hydrogens is 410 g/mol. The Labute approximate surface area is 190 Å². The van der Waals surface area contributed by atoms with Crippen LogP contribution in [0.4, 0.5) is 0 Å². The second-order valence-electron chi connectivity index (χ2n) is 10.7. The summed E-state index contributed by atoms with van der Waals surface area (Å²) in [6, 6.07) is 7.53.